The third-order valence-electron chi connectivity index (χ3n) is 3.34. The first-order valence-electron chi connectivity index (χ1n) is 8.81. The highest BCUT2D eigenvalue weighted by atomic mass is 16.6. The summed E-state index contributed by atoms with van der Waals surface area (Å²) in [7, 11) is 0. The van der Waals surface area contributed by atoms with Gasteiger partial charge < -0.3 is 19.5 Å². The molecule has 1 aromatic heterocycles. The van der Waals surface area contributed by atoms with Crippen LogP contribution >= 0.6 is 0 Å². The van der Waals surface area contributed by atoms with E-state index in [4.69, 9.17) is 19.5 Å². The number of ether oxygens (including phenoxy) is 3. The van der Waals surface area contributed by atoms with Crippen LogP contribution in [0.5, 0.6) is 0 Å². The fourth-order valence-electron chi connectivity index (χ4n) is 2.33. The molecule has 1 atom stereocenters. The fraction of sp³-hybridized carbons (Fsp3) is 0.526. The third-order valence-corrected chi connectivity index (χ3v) is 3.34. The van der Waals surface area contributed by atoms with Gasteiger partial charge in [0.25, 0.3) is 0 Å². The number of carbonyl (C=O) groups excluding carboxylic acids is 3. The lowest BCUT2D eigenvalue weighted by molar-refractivity contribution is -0.163. The first kappa shape index (κ1) is 22.9. The Balaban J connectivity index is 3.38. The number of hydrogen-bond donors (Lipinski definition) is 1. The minimum absolute atomic E-state index is 0.0354. The molecule has 0 aliphatic carbocycles. The summed E-state index contributed by atoms with van der Waals surface area (Å²) in [6.07, 6.45) is 0.497. The van der Waals surface area contributed by atoms with Crippen molar-refractivity contribution in [1.29, 1.82) is 5.26 Å². The van der Waals surface area contributed by atoms with Crippen LogP contribution in [-0.2, 0) is 23.8 Å². The highest BCUT2D eigenvalue weighted by molar-refractivity contribution is 5.96. The van der Waals surface area contributed by atoms with Crippen molar-refractivity contribution < 1.29 is 28.6 Å². The van der Waals surface area contributed by atoms with Crippen molar-refractivity contribution in [3.05, 3.63) is 29.6 Å². The van der Waals surface area contributed by atoms with Gasteiger partial charge in [-0.1, -0.05) is 0 Å². The van der Waals surface area contributed by atoms with Crippen molar-refractivity contribution >= 4 is 18.0 Å². The molecule has 0 bridgehead atoms. The van der Waals surface area contributed by atoms with Crippen LogP contribution in [0.25, 0.3) is 0 Å². The van der Waals surface area contributed by atoms with Gasteiger partial charge in [-0.25, -0.2) is 9.78 Å². The molecular weight excluding hydrogens is 366 g/mol. The molecule has 152 valence electrons. The van der Waals surface area contributed by atoms with Crippen molar-refractivity contribution in [2.75, 3.05) is 13.2 Å². The van der Waals surface area contributed by atoms with Crippen molar-refractivity contribution in [1.82, 2.24) is 10.3 Å². The van der Waals surface area contributed by atoms with E-state index in [9.17, 15) is 14.4 Å². The number of pyridine rings is 1. The maximum Gasteiger partial charge on any atom is 0.408 e. The van der Waals surface area contributed by atoms with Gasteiger partial charge >= 0.3 is 18.0 Å². The van der Waals surface area contributed by atoms with Crippen LogP contribution in [0, 0.1) is 17.2 Å². The zero-order valence-corrected chi connectivity index (χ0v) is 16.6. The van der Waals surface area contributed by atoms with Gasteiger partial charge in [0.15, 0.2) is 5.92 Å². The van der Waals surface area contributed by atoms with Crippen molar-refractivity contribution in [3.63, 3.8) is 0 Å². The molecule has 1 heterocycles. The van der Waals surface area contributed by atoms with Gasteiger partial charge in [-0.2, -0.15) is 5.26 Å². The highest BCUT2D eigenvalue weighted by Gasteiger charge is 2.40. The van der Waals surface area contributed by atoms with E-state index in [2.05, 4.69) is 10.3 Å². The molecule has 1 aromatic rings. The van der Waals surface area contributed by atoms with Crippen LogP contribution in [0.1, 0.15) is 51.9 Å². The quantitative estimate of drug-likeness (QED) is 0.426. The number of nitrogens with zero attached hydrogens (tertiary/aromatic N) is 2. The van der Waals surface area contributed by atoms with Crippen molar-refractivity contribution in [2.45, 2.75) is 46.3 Å². The van der Waals surface area contributed by atoms with E-state index < -0.39 is 35.6 Å². The Kier molecular flexibility index (Phi) is 8.38. The monoisotopic (exact) mass is 391 g/mol. The van der Waals surface area contributed by atoms with Gasteiger partial charge in [0.05, 0.1) is 19.3 Å². The van der Waals surface area contributed by atoms with Gasteiger partial charge in [0.1, 0.15) is 17.4 Å². The molecular formula is C19H25N3O6. The molecule has 1 rings (SSSR count). The SMILES string of the molecule is CCOC(=O)C(C(=O)OCC)C(NC(=O)OC(C)(C)C)c1ccnc(C#N)c1. The number of amides is 1. The predicted molar refractivity (Wildman–Crippen MR) is 97.8 cm³/mol. The van der Waals surface area contributed by atoms with E-state index in [1.807, 2.05) is 6.07 Å². The summed E-state index contributed by atoms with van der Waals surface area (Å²) in [6.45, 7) is 8.29. The Morgan fingerprint density at radius 1 is 1.18 bits per heavy atom. The summed E-state index contributed by atoms with van der Waals surface area (Å²) in [4.78, 5) is 41.2. The zero-order chi connectivity index (χ0) is 21.3. The number of alkyl carbamates (subject to hydrolysis) is 1. The number of nitrogens with one attached hydrogen (secondary N) is 1. The van der Waals surface area contributed by atoms with E-state index >= 15 is 0 Å². The van der Waals surface area contributed by atoms with Crippen LogP contribution in [0.15, 0.2) is 18.3 Å². The average molecular weight is 391 g/mol. The van der Waals surface area contributed by atoms with Crippen LogP contribution in [-0.4, -0.2) is 41.8 Å². The number of esters is 2. The van der Waals surface area contributed by atoms with E-state index in [1.54, 1.807) is 34.6 Å². The summed E-state index contributed by atoms with van der Waals surface area (Å²) in [5.41, 5.74) is -0.433. The Labute approximate surface area is 164 Å². The van der Waals surface area contributed by atoms with Crippen molar-refractivity contribution in [2.24, 2.45) is 5.92 Å². The topological polar surface area (TPSA) is 128 Å². The molecule has 0 aromatic carbocycles. The fourth-order valence-corrected chi connectivity index (χ4v) is 2.33. The van der Waals surface area contributed by atoms with Crippen LogP contribution in [0.3, 0.4) is 0 Å². The summed E-state index contributed by atoms with van der Waals surface area (Å²) < 4.78 is 15.2. The van der Waals surface area contributed by atoms with Crippen LogP contribution in [0.4, 0.5) is 4.79 Å². The van der Waals surface area contributed by atoms with Gasteiger partial charge in [0.2, 0.25) is 0 Å². The minimum Gasteiger partial charge on any atom is -0.465 e. The molecule has 28 heavy (non-hydrogen) atoms. The average Bonchev–Trinajstić information content (AvgIpc) is 2.60. The molecule has 0 radical (unpaired) electrons. The lowest BCUT2D eigenvalue weighted by atomic mass is 9.93. The largest absolute Gasteiger partial charge is 0.465 e. The third kappa shape index (κ3) is 6.87. The maximum absolute atomic E-state index is 12.5. The van der Waals surface area contributed by atoms with E-state index in [0.717, 1.165) is 0 Å². The Bertz CT molecular complexity index is 733. The molecule has 0 fully saturated rings. The first-order valence-corrected chi connectivity index (χ1v) is 8.81. The summed E-state index contributed by atoms with van der Waals surface area (Å²) >= 11 is 0. The molecule has 1 N–H and O–H groups in total. The van der Waals surface area contributed by atoms with E-state index in [0.29, 0.717) is 5.56 Å². The Hall–Kier alpha value is -3.15. The Morgan fingerprint density at radius 2 is 1.75 bits per heavy atom. The lowest BCUT2D eigenvalue weighted by Gasteiger charge is -2.27. The van der Waals surface area contributed by atoms with Crippen molar-refractivity contribution in [3.8, 4) is 6.07 Å². The van der Waals surface area contributed by atoms with Crippen LogP contribution in [0.2, 0.25) is 0 Å². The predicted octanol–water partition coefficient (Wildman–Crippen LogP) is 2.26. The molecule has 0 spiro atoms. The normalized spacial score (nSPS) is 11.9. The molecule has 9 nitrogen and oxygen atoms in total. The second-order valence-corrected chi connectivity index (χ2v) is 6.69. The summed E-state index contributed by atoms with van der Waals surface area (Å²) in [5.74, 6) is -3.21. The first-order chi connectivity index (χ1) is 13.1. The van der Waals surface area contributed by atoms with E-state index in [1.165, 1.54) is 18.3 Å². The number of rotatable bonds is 7. The van der Waals surface area contributed by atoms with Gasteiger partial charge in [-0.15, -0.1) is 0 Å². The number of aromatic nitrogens is 1. The highest BCUT2D eigenvalue weighted by Crippen LogP contribution is 2.26. The van der Waals surface area contributed by atoms with E-state index in [-0.39, 0.29) is 18.9 Å². The number of hydrogen-bond acceptors (Lipinski definition) is 8. The molecule has 0 saturated heterocycles. The summed E-state index contributed by atoms with van der Waals surface area (Å²) in [6, 6.07) is 3.55. The van der Waals surface area contributed by atoms with Gasteiger partial charge in [-0.3, -0.25) is 9.59 Å². The molecule has 1 unspecified atom stereocenters. The van der Waals surface area contributed by atoms with Crippen LogP contribution < -0.4 is 5.32 Å². The molecule has 1 amide bonds. The summed E-state index contributed by atoms with van der Waals surface area (Å²) in [5, 5.41) is 11.6. The number of nitriles is 1. The number of carbonyl (C=O) groups is 3. The minimum atomic E-state index is -1.48. The maximum atomic E-state index is 12.5. The second kappa shape index (κ2) is 10.3. The molecule has 0 aliphatic rings. The smallest absolute Gasteiger partial charge is 0.408 e. The zero-order valence-electron chi connectivity index (χ0n) is 16.6. The standard InChI is InChI=1S/C19H25N3O6/c1-6-26-16(23)14(17(24)27-7-2)15(22-18(25)28-19(3,4)5)12-8-9-21-13(10-12)11-20/h8-10,14-15H,6-7H2,1-5H3,(H,22,25). The molecule has 0 aliphatic heterocycles. The molecule has 9 heteroatoms. The Morgan fingerprint density at radius 3 is 2.21 bits per heavy atom. The lowest BCUT2D eigenvalue weighted by Crippen LogP contribution is -2.44. The molecule has 0 saturated carbocycles. The van der Waals surface area contributed by atoms with Gasteiger partial charge in [-0.05, 0) is 52.3 Å². The van der Waals surface area contributed by atoms with Gasteiger partial charge in [0, 0.05) is 6.20 Å². The second-order valence-electron chi connectivity index (χ2n) is 6.69.